The van der Waals surface area contributed by atoms with Crippen LogP contribution in [0.25, 0.3) is 0 Å². The van der Waals surface area contributed by atoms with Crippen molar-refractivity contribution in [2.24, 2.45) is 0 Å². The van der Waals surface area contributed by atoms with Crippen LogP contribution in [0.1, 0.15) is 10.6 Å². The number of aromatic amines is 1. The van der Waals surface area contributed by atoms with Gasteiger partial charge >= 0.3 is 6.61 Å². The second kappa shape index (κ2) is 5.17. The van der Waals surface area contributed by atoms with Crippen molar-refractivity contribution in [1.82, 2.24) is 20.6 Å². The van der Waals surface area contributed by atoms with Gasteiger partial charge in [-0.1, -0.05) is 6.07 Å². The second-order valence-electron chi connectivity index (χ2n) is 3.10. The van der Waals surface area contributed by atoms with Gasteiger partial charge in [-0.25, -0.2) is 0 Å². The van der Waals surface area contributed by atoms with Crippen molar-refractivity contribution in [3.63, 3.8) is 0 Å². The quantitative estimate of drug-likeness (QED) is 0.851. The Morgan fingerprint density at radius 2 is 2.28 bits per heavy atom. The van der Waals surface area contributed by atoms with E-state index in [1.54, 1.807) is 0 Å². The first-order chi connectivity index (χ1) is 8.65. The molecule has 0 aliphatic heterocycles. The van der Waals surface area contributed by atoms with Gasteiger partial charge in [-0.3, -0.25) is 4.79 Å². The first-order valence-electron chi connectivity index (χ1n) is 4.75. The Bertz CT molecular complexity index is 532. The van der Waals surface area contributed by atoms with Crippen LogP contribution >= 0.6 is 0 Å². The van der Waals surface area contributed by atoms with E-state index in [1.165, 1.54) is 24.3 Å². The zero-order valence-electron chi connectivity index (χ0n) is 8.80. The molecule has 2 N–H and O–H groups in total. The molecule has 9 heteroatoms. The van der Waals surface area contributed by atoms with Crippen LogP contribution in [-0.4, -0.2) is 33.1 Å². The average Bonchev–Trinajstić information content (AvgIpc) is 2.81. The minimum absolute atomic E-state index is 0.0593. The number of carbonyl (C=O) groups is 1. The van der Waals surface area contributed by atoms with E-state index < -0.39 is 12.5 Å². The Kier molecular flexibility index (Phi) is 3.41. The molecule has 0 saturated heterocycles. The van der Waals surface area contributed by atoms with Crippen LogP contribution in [0.15, 0.2) is 24.3 Å². The van der Waals surface area contributed by atoms with E-state index in [2.05, 4.69) is 30.7 Å². The number of H-pyrrole nitrogens is 1. The molecule has 0 aliphatic rings. The lowest BCUT2D eigenvalue weighted by Crippen LogP contribution is -2.14. The predicted octanol–water partition coefficient (Wildman–Crippen LogP) is 1.05. The summed E-state index contributed by atoms with van der Waals surface area (Å²) in [7, 11) is 0. The number of carbonyl (C=O) groups excluding carboxylic acids is 1. The monoisotopic (exact) mass is 255 g/mol. The smallest absolute Gasteiger partial charge is 0.387 e. The lowest BCUT2D eigenvalue weighted by Gasteiger charge is -2.06. The number of hydrogen-bond acceptors (Lipinski definition) is 5. The standard InChI is InChI=1S/C9H7F2N5O2/c10-9(11)18-6-3-1-2-5(4-6)12-8(17)7-13-15-16-14-7/h1-4,9H,(H,12,17)(H,13,14,15,16). The molecule has 1 heterocycles. The van der Waals surface area contributed by atoms with Crippen molar-refractivity contribution in [2.45, 2.75) is 6.61 Å². The number of amides is 1. The van der Waals surface area contributed by atoms with Gasteiger partial charge in [0.1, 0.15) is 5.75 Å². The lowest BCUT2D eigenvalue weighted by molar-refractivity contribution is -0.0497. The molecule has 7 nitrogen and oxygen atoms in total. The number of ether oxygens (including phenoxy) is 1. The van der Waals surface area contributed by atoms with E-state index in [0.717, 1.165) is 0 Å². The number of aromatic nitrogens is 4. The van der Waals surface area contributed by atoms with Gasteiger partial charge < -0.3 is 10.1 Å². The third kappa shape index (κ3) is 2.97. The Morgan fingerprint density at radius 1 is 1.44 bits per heavy atom. The number of nitrogens with zero attached hydrogens (tertiary/aromatic N) is 3. The Hall–Kier alpha value is -2.58. The molecule has 18 heavy (non-hydrogen) atoms. The summed E-state index contributed by atoms with van der Waals surface area (Å²) in [6.07, 6.45) is 0. The van der Waals surface area contributed by atoms with Gasteiger partial charge in [0.2, 0.25) is 0 Å². The summed E-state index contributed by atoms with van der Waals surface area (Å²) < 4.78 is 28.2. The van der Waals surface area contributed by atoms with Crippen LogP contribution < -0.4 is 10.1 Å². The first-order valence-corrected chi connectivity index (χ1v) is 4.75. The number of hydrogen-bond donors (Lipinski definition) is 2. The molecule has 0 radical (unpaired) electrons. The topological polar surface area (TPSA) is 92.8 Å². The van der Waals surface area contributed by atoms with Crippen LogP contribution in [0.4, 0.5) is 14.5 Å². The highest BCUT2D eigenvalue weighted by Crippen LogP contribution is 2.19. The van der Waals surface area contributed by atoms with E-state index in [0.29, 0.717) is 0 Å². The molecule has 0 bridgehead atoms. The average molecular weight is 255 g/mol. The number of nitrogens with one attached hydrogen (secondary N) is 2. The van der Waals surface area contributed by atoms with Crippen LogP contribution in [0.3, 0.4) is 0 Å². The fourth-order valence-electron chi connectivity index (χ4n) is 1.20. The van der Waals surface area contributed by atoms with Crippen LogP contribution in [-0.2, 0) is 0 Å². The fraction of sp³-hybridized carbons (Fsp3) is 0.111. The highest BCUT2D eigenvalue weighted by Gasteiger charge is 2.11. The van der Waals surface area contributed by atoms with Crippen molar-refractivity contribution in [3.8, 4) is 5.75 Å². The molecule has 2 aromatic rings. The van der Waals surface area contributed by atoms with Crippen molar-refractivity contribution in [3.05, 3.63) is 30.1 Å². The number of benzene rings is 1. The lowest BCUT2D eigenvalue weighted by atomic mass is 10.3. The maximum atomic E-state index is 12.0. The molecule has 2 rings (SSSR count). The molecule has 0 spiro atoms. The van der Waals surface area contributed by atoms with Gasteiger partial charge in [0, 0.05) is 11.8 Å². The fourth-order valence-corrected chi connectivity index (χ4v) is 1.20. The van der Waals surface area contributed by atoms with Gasteiger partial charge in [-0.2, -0.15) is 14.0 Å². The van der Waals surface area contributed by atoms with Crippen LogP contribution in [0.5, 0.6) is 5.75 Å². The molecule has 0 atom stereocenters. The molecule has 94 valence electrons. The van der Waals surface area contributed by atoms with Crippen molar-refractivity contribution >= 4 is 11.6 Å². The number of alkyl halides is 2. The molecule has 1 aromatic carbocycles. The number of halogens is 2. The van der Waals surface area contributed by atoms with Crippen LogP contribution in [0.2, 0.25) is 0 Å². The number of anilines is 1. The molecule has 0 saturated carbocycles. The van der Waals surface area contributed by atoms with Crippen LogP contribution in [0, 0.1) is 0 Å². The van der Waals surface area contributed by atoms with E-state index in [1.807, 2.05) is 0 Å². The molecule has 1 aromatic heterocycles. The first kappa shape index (κ1) is 11.9. The number of tetrazole rings is 1. The summed E-state index contributed by atoms with van der Waals surface area (Å²) in [6.45, 7) is -2.92. The summed E-state index contributed by atoms with van der Waals surface area (Å²) in [4.78, 5) is 11.5. The molecule has 1 amide bonds. The minimum atomic E-state index is -2.92. The molecule has 0 fully saturated rings. The summed E-state index contributed by atoms with van der Waals surface area (Å²) >= 11 is 0. The predicted molar refractivity (Wildman–Crippen MR) is 55.2 cm³/mol. The third-order valence-electron chi connectivity index (χ3n) is 1.87. The summed E-state index contributed by atoms with van der Waals surface area (Å²) in [5.41, 5.74) is 0.281. The van der Waals surface area contributed by atoms with E-state index in [-0.39, 0.29) is 17.3 Å². The van der Waals surface area contributed by atoms with Gasteiger partial charge in [0.15, 0.2) is 0 Å². The van der Waals surface area contributed by atoms with E-state index in [9.17, 15) is 13.6 Å². The maximum Gasteiger partial charge on any atom is 0.387 e. The maximum absolute atomic E-state index is 12.0. The van der Waals surface area contributed by atoms with Gasteiger partial charge in [-0.15, -0.1) is 10.2 Å². The Morgan fingerprint density at radius 3 is 2.94 bits per heavy atom. The molecule has 0 aliphatic carbocycles. The highest BCUT2D eigenvalue weighted by molar-refractivity contribution is 6.01. The molecular formula is C9H7F2N5O2. The van der Waals surface area contributed by atoms with Crippen molar-refractivity contribution in [1.29, 1.82) is 0 Å². The van der Waals surface area contributed by atoms with Crippen molar-refractivity contribution < 1.29 is 18.3 Å². The zero-order valence-corrected chi connectivity index (χ0v) is 8.80. The second-order valence-corrected chi connectivity index (χ2v) is 3.10. The van der Waals surface area contributed by atoms with Gasteiger partial charge in [-0.05, 0) is 17.3 Å². The van der Waals surface area contributed by atoms with Gasteiger partial charge in [0.25, 0.3) is 11.7 Å². The highest BCUT2D eigenvalue weighted by atomic mass is 19.3. The summed E-state index contributed by atoms with van der Waals surface area (Å²) in [6, 6.07) is 5.57. The molecular weight excluding hydrogens is 248 g/mol. The third-order valence-corrected chi connectivity index (χ3v) is 1.87. The molecule has 0 unspecified atom stereocenters. The minimum Gasteiger partial charge on any atom is -0.435 e. The normalized spacial score (nSPS) is 10.4. The summed E-state index contributed by atoms with van der Waals surface area (Å²) in [5.74, 6) is -0.830. The van der Waals surface area contributed by atoms with Crippen molar-refractivity contribution in [2.75, 3.05) is 5.32 Å². The Labute approximate surface area is 99.1 Å². The summed E-state index contributed by atoms with van der Waals surface area (Å²) in [5, 5.41) is 14.7. The van der Waals surface area contributed by atoms with E-state index in [4.69, 9.17) is 0 Å². The Balaban J connectivity index is 2.07. The number of rotatable bonds is 4. The zero-order chi connectivity index (χ0) is 13.0. The largest absolute Gasteiger partial charge is 0.435 e. The van der Waals surface area contributed by atoms with E-state index >= 15 is 0 Å². The SMILES string of the molecule is O=C(Nc1cccc(OC(F)F)c1)c1nn[nH]n1. The van der Waals surface area contributed by atoms with Gasteiger partial charge in [0.05, 0.1) is 0 Å².